The van der Waals surface area contributed by atoms with E-state index < -0.39 is 5.76 Å². The largest absolute Gasteiger partial charge is 0.497 e. The van der Waals surface area contributed by atoms with Crippen LogP contribution in [0.15, 0.2) is 51.9 Å². The Hall–Kier alpha value is -4.38. The fourth-order valence-electron chi connectivity index (χ4n) is 5.90. The number of rotatable bonds is 5. The van der Waals surface area contributed by atoms with E-state index in [1.807, 2.05) is 23.1 Å². The predicted octanol–water partition coefficient (Wildman–Crippen LogP) is 4.24. The highest BCUT2D eigenvalue weighted by Crippen LogP contribution is 2.31. The summed E-state index contributed by atoms with van der Waals surface area (Å²) in [7, 11) is 1.63. The third kappa shape index (κ3) is 4.90. The van der Waals surface area contributed by atoms with Crippen molar-refractivity contribution in [1.82, 2.24) is 19.0 Å². The number of hydrogen-bond acceptors (Lipinski definition) is 8. The number of ketones is 1. The molecule has 1 N–H and O–H groups in total. The number of benzene rings is 2. The molecule has 41 heavy (non-hydrogen) atoms. The van der Waals surface area contributed by atoms with E-state index in [0.717, 1.165) is 33.9 Å². The van der Waals surface area contributed by atoms with Gasteiger partial charge in [-0.05, 0) is 67.1 Å². The molecular weight excluding hydrogens is 548 g/mol. The van der Waals surface area contributed by atoms with Crippen LogP contribution in [0.4, 0.5) is 16.3 Å². The summed E-state index contributed by atoms with van der Waals surface area (Å²) in [5, 5.41) is 3.07. The van der Waals surface area contributed by atoms with Gasteiger partial charge in [-0.15, -0.1) is 0 Å². The van der Waals surface area contributed by atoms with Crippen LogP contribution in [0.5, 0.6) is 5.75 Å². The Morgan fingerprint density at radius 3 is 2.76 bits per heavy atom. The van der Waals surface area contributed by atoms with Crippen molar-refractivity contribution in [3.63, 3.8) is 0 Å². The molecule has 2 aliphatic heterocycles. The van der Waals surface area contributed by atoms with Gasteiger partial charge in [0.2, 0.25) is 5.78 Å². The second-order valence-electron chi connectivity index (χ2n) is 10.6. The Kier molecular flexibility index (Phi) is 6.90. The smallest absolute Gasteiger partial charge is 0.434 e. The number of hydrogen-bond donors (Lipinski definition) is 1. The van der Waals surface area contributed by atoms with Gasteiger partial charge in [-0.2, -0.15) is 4.09 Å². The number of amides is 2. The number of nitrogens with zero attached hydrogens (tertiary/aromatic N) is 5. The average molecular weight is 577 g/mol. The molecule has 12 heteroatoms. The van der Waals surface area contributed by atoms with Crippen molar-refractivity contribution < 1.29 is 18.7 Å². The van der Waals surface area contributed by atoms with Gasteiger partial charge in [-0.3, -0.25) is 4.79 Å². The summed E-state index contributed by atoms with van der Waals surface area (Å²) in [5.74, 6) is 0.548. The lowest BCUT2D eigenvalue weighted by Gasteiger charge is -2.42. The molecule has 6 rings (SSSR count). The minimum absolute atomic E-state index is 0.0593. The molecule has 2 atom stereocenters. The number of anilines is 2. The summed E-state index contributed by atoms with van der Waals surface area (Å²) in [4.78, 5) is 51.1. The van der Waals surface area contributed by atoms with E-state index in [9.17, 15) is 14.4 Å². The number of oxazole rings is 1. The lowest BCUT2D eigenvalue weighted by Crippen LogP contribution is -2.53. The molecule has 0 radical (unpaired) electrons. The second-order valence-corrected chi connectivity index (χ2v) is 10.9. The van der Waals surface area contributed by atoms with E-state index in [-0.39, 0.29) is 35.1 Å². The van der Waals surface area contributed by atoms with Crippen LogP contribution >= 0.6 is 11.8 Å². The zero-order valence-corrected chi connectivity index (χ0v) is 23.6. The molecule has 0 spiro atoms. The van der Waals surface area contributed by atoms with Crippen LogP contribution in [0.25, 0.3) is 11.1 Å². The monoisotopic (exact) mass is 576 g/mol. The van der Waals surface area contributed by atoms with Crippen molar-refractivity contribution in [3.05, 3.63) is 75.7 Å². The first-order chi connectivity index (χ1) is 19.7. The number of carbonyl (C=O) groups excluding carboxylic acids is 2. The third-order valence-electron chi connectivity index (χ3n) is 7.99. The van der Waals surface area contributed by atoms with Crippen molar-refractivity contribution in [2.24, 2.45) is 5.92 Å². The van der Waals surface area contributed by atoms with Crippen LogP contribution in [0.3, 0.4) is 0 Å². The first-order valence-corrected chi connectivity index (χ1v) is 13.8. The van der Waals surface area contributed by atoms with Gasteiger partial charge in [-0.25, -0.2) is 19.6 Å². The van der Waals surface area contributed by atoms with Crippen molar-refractivity contribution in [2.45, 2.75) is 32.7 Å². The van der Waals surface area contributed by atoms with Gasteiger partial charge in [-0.1, -0.05) is 6.92 Å². The predicted molar refractivity (Wildman–Crippen MR) is 154 cm³/mol. The minimum atomic E-state index is -0.710. The number of carbonyl (C=O) groups is 2. The number of aryl methyl sites for hydroxylation is 1. The summed E-state index contributed by atoms with van der Waals surface area (Å²) < 4.78 is 11.4. The molecule has 1 fully saturated rings. The molecule has 1 saturated heterocycles. The van der Waals surface area contributed by atoms with Gasteiger partial charge in [0.1, 0.15) is 29.1 Å². The van der Waals surface area contributed by atoms with Gasteiger partial charge in [0, 0.05) is 54.8 Å². The number of nitrogens with one attached hydrogen (secondary N) is 1. The van der Waals surface area contributed by atoms with Gasteiger partial charge in [0.25, 0.3) is 0 Å². The Bertz CT molecular complexity index is 1730. The molecule has 2 aromatic carbocycles. The zero-order chi connectivity index (χ0) is 28.8. The number of fused-ring (bicyclic) bond motifs is 2. The molecule has 212 valence electrons. The molecule has 2 amide bonds. The van der Waals surface area contributed by atoms with E-state index in [1.54, 1.807) is 26.2 Å². The molecule has 2 aromatic heterocycles. The van der Waals surface area contributed by atoms with Gasteiger partial charge < -0.3 is 24.3 Å². The molecule has 0 bridgehead atoms. The fraction of sp³-hybridized carbons (Fsp3) is 0.345. The van der Waals surface area contributed by atoms with Crippen LogP contribution in [-0.2, 0) is 6.42 Å². The molecular formula is C29H29ClN6O5. The van der Waals surface area contributed by atoms with Gasteiger partial charge in [0.15, 0.2) is 5.58 Å². The lowest BCUT2D eigenvalue weighted by atomic mass is 9.92. The number of aromatic nitrogens is 3. The maximum Gasteiger partial charge on any atom is 0.434 e. The van der Waals surface area contributed by atoms with Crippen LogP contribution in [0.2, 0.25) is 0 Å². The Labute approximate surface area is 240 Å². The van der Waals surface area contributed by atoms with E-state index in [0.29, 0.717) is 42.1 Å². The van der Waals surface area contributed by atoms with E-state index in [4.69, 9.17) is 20.9 Å². The minimum Gasteiger partial charge on any atom is -0.497 e. The number of methoxy groups -OCH3 is 1. The van der Waals surface area contributed by atoms with Crippen molar-refractivity contribution in [3.8, 4) is 5.75 Å². The first-order valence-electron chi connectivity index (χ1n) is 13.4. The molecule has 2 unspecified atom stereocenters. The molecule has 4 heterocycles. The normalized spacial score (nSPS) is 19.1. The standard InChI is InChI=1S/C29H29ClN6O5/c1-16-10-19(12-24-26(16)36(30)29(39)41-24)27(37)22-13-25(32-15-31-22)34-8-7-23(17(2)14-34)35-9-6-18-11-20(40-3)4-5-21(18)33-28(35)38/h4-5,10-13,15,17,23H,6-9,14H2,1-3H3,(H,33,38). The molecule has 0 saturated carbocycles. The van der Waals surface area contributed by atoms with Gasteiger partial charge in [0.05, 0.1) is 7.11 Å². The quantitative estimate of drug-likeness (QED) is 0.350. The van der Waals surface area contributed by atoms with Gasteiger partial charge >= 0.3 is 11.8 Å². The fourth-order valence-corrected chi connectivity index (χ4v) is 6.15. The van der Waals surface area contributed by atoms with E-state index in [1.165, 1.54) is 12.4 Å². The van der Waals surface area contributed by atoms with Crippen molar-refractivity contribution >= 4 is 46.2 Å². The third-order valence-corrected chi connectivity index (χ3v) is 8.30. The summed E-state index contributed by atoms with van der Waals surface area (Å²) >= 11 is 5.99. The van der Waals surface area contributed by atoms with Crippen LogP contribution in [0.1, 0.15) is 40.5 Å². The first kappa shape index (κ1) is 26.8. The Morgan fingerprint density at radius 1 is 1.15 bits per heavy atom. The highest BCUT2D eigenvalue weighted by molar-refractivity contribution is 6.19. The summed E-state index contributed by atoms with van der Waals surface area (Å²) in [5.41, 5.74) is 3.74. The number of halogens is 1. The van der Waals surface area contributed by atoms with Crippen LogP contribution < -0.4 is 20.7 Å². The summed E-state index contributed by atoms with van der Waals surface area (Å²) in [6.45, 7) is 5.84. The zero-order valence-electron chi connectivity index (χ0n) is 22.9. The maximum absolute atomic E-state index is 13.4. The molecule has 11 nitrogen and oxygen atoms in total. The molecule has 0 aliphatic carbocycles. The Morgan fingerprint density at radius 2 is 1.98 bits per heavy atom. The average Bonchev–Trinajstić information content (AvgIpc) is 3.16. The maximum atomic E-state index is 13.4. The van der Waals surface area contributed by atoms with E-state index in [2.05, 4.69) is 27.1 Å². The van der Waals surface area contributed by atoms with Crippen LogP contribution in [-0.4, -0.2) is 63.6 Å². The lowest BCUT2D eigenvalue weighted by molar-refractivity contribution is 0.103. The van der Waals surface area contributed by atoms with Crippen LogP contribution in [0, 0.1) is 12.8 Å². The number of urea groups is 1. The number of ether oxygens (including phenoxy) is 1. The number of piperidine rings is 1. The van der Waals surface area contributed by atoms with Crippen molar-refractivity contribution in [2.75, 3.05) is 37.0 Å². The SMILES string of the molecule is COc1ccc2c(c1)CCN(C1CCN(c3cc(C(=O)c4cc(C)c5c(c4)oc(=O)n5Cl)ncn3)CC1C)C(=O)N2. The summed E-state index contributed by atoms with van der Waals surface area (Å²) in [6.07, 6.45) is 2.87. The topological polar surface area (TPSA) is 123 Å². The molecule has 4 aromatic rings. The van der Waals surface area contributed by atoms with Crippen molar-refractivity contribution in [1.29, 1.82) is 0 Å². The Balaban J connectivity index is 1.17. The highest BCUT2D eigenvalue weighted by atomic mass is 35.5. The van der Waals surface area contributed by atoms with E-state index >= 15 is 0 Å². The highest BCUT2D eigenvalue weighted by Gasteiger charge is 2.35. The second kappa shape index (κ2) is 10.5. The molecule has 2 aliphatic rings. The summed E-state index contributed by atoms with van der Waals surface area (Å²) in [6, 6.07) is 10.5.